The van der Waals surface area contributed by atoms with E-state index in [1.54, 1.807) is 0 Å². The third-order valence-electron chi connectivity index (χ3n) is 4.05. The van der Waals surface area contributed by atoms with Crippen molar-refractivity contribution < 1.29 is 4.42 Å². The molecule has 0 radical (unpaired) electrons. The van der Waals surface area contributed by atoms with Gasteiger partial charge in [0.2, 0.25) is 12.3 Å². The van der Waals surface area contributed by atoms with E-state index in [0.29, 0.717) is 17.3 Å². The van der Waals surface area contributed by atoms with Gasteiger partial charge < -0.3 is 9.73 Å². The molecule has 20 heavy (non-hydrogen) atoms. The second kappa shape index (κ2) is 5.27. The Morgan fingerprint density at radius 3 is 3.00 bits per heavy atom. The van der Waals surface area contributed by atoms with E-state index in [9.17, 15) is 0 Å². The standard InChI is InChI=1S/C16H21N3O/c1-16(2)8-4-7-14(10-16)18-13-6-3-5-12(9-13)15-19-17-11-20-15/h3,5-6,9,11,14,18H,4,7-8,10H2,1-2H3. The molecule has 3 rings (SSSR count). The van der Waals surface area contributed by atoms with Crippen molar-refractivity contribution in [1.82, 2.24) is 10.2 Å². The number of rotatable bonds is 3. The van der Waals surface area contributed by atoms with Crippen molar-refractivity contribution in [2.75, 3.05) is 5.32 Å². The first-order chi connectivity index (χ1) is 9.62. The molecule has 1 unspecified atom stereocenters. The summed E-state index contributed by atoms with van der Waals surface area (Å²) in [4.78, 5) is 0. The third-order valence-corrected chi connectivity index (χ3v) is 4.05. The normalized spacial score (nSPS) is 21.6. The molecular formula is C16H21N3O. The average Bonchev–Trinajstić information content (AvgIpc) is 2.91. The SMILES string of the molecule is CC1(C)CCCC(Nc2cccc(-c3nnco3)c2)C1. The largest absolute Gasteiger partial charge is 0.423 e. The van der Waals surface area contributed by atoms with E-state index in [1.165, 1.54) is 32.1 Å². The zero-order valence-electron chi connectivity index (χ0n) is 12.1. The lowest BCUT2D eigenvalue weighted by Gasteiger charge is -2.36. The number of hydrogen-bond donors (Lipinski definition) is 1. The molecule has 4 heteroatoms. The Morgan fingerprint density at radius 1 is 1.35 bits per heavy atom. The molecule has 1 N–H and O–H groups in total. The van der Waals surface area contributed by atoms with E-state index >= 15 is 0 Å². The van der Waals surface area contributed by atoms with Crippen LogP contribution in [0.15, 0.2) is 35.1 Å². The highest BCUT2D eigenvalue weighted by Crippen LogP contribution is 2.36. The highest BCUT2D eigenvalue weighted by molar-refractivity contribution is 5.61. The quantitative estimate of drug-likeness (QED) is 0.912. The van der Waals surface area contributed by atoms with Gasteiger partial charge in [-0.25, -0.2) is 0 Å². The first-order valence-electron chi connectivity index (χ1n) is 7.26. The molecule has 1 heterocycles. The van der Waals surface area contributed by atoms with Gasteiger partial charge in [-0.2, -0.15) is 0 Å². The molecule has 0 amide bonds. The molecule has 1 aromatic carbocycles. The molecule has 4 nitrogen and oxygen atoms in total. The molecule has 1 fully saturated rings. The fourth-order valence-electron chi connectivity index (χ4n) is 3.10. The predicted octanol–water partition coefficient (Wildman–Crippen LogP) is 4.12. The lowest BCUT2D eigenvalue weighted by Crippen LogP contribution is -2.31. The van der Waals surface area contributed by atoms with Gasteiger partial charge in [0.05, 0.1) is 0 Å². The summed E-state index contributed by atoms with van der Waals surface area (Å²) >= 11 is 0. The summed E-state index contributed by atoms with van der Waals surface area (Å²) in [5, 5.41) is 11.3. The fraction of sp³-hybridized carbons (Fsp3) is 0.500. The Hall–Kier alpha value is -1.84. The zero-order valence-corrected chi connectivity index (χ0v) is 12.1. The van der Waals surface area contributed by atoms with E-state index in [0.717, 1.165) is 11.3 Å². The van der Waals surface area contributed by atoms with Crippen molar-refractivity contribution in [3.63, 3.8) is 0 Å². The van der Waals surface area contributed by atoms with E-state index in [2.05, 4.69) is 41.5 Å². The monoisotopic (exact) mass is 271 g/mol. The minimum absolute atomic E-state index is 0.444. The van der Waals surface area contributed by atoms with Crippen LogP contribution in [0.2, 0.25) is 0 Å². The Bertz CT molecular complexity index is 563. The molecule has 106 valence electrons. The van der Waals surface area contributed by atoms with Gasteiger partial charge in [0.25, 0.3) is 0 Å². The van der Waals surface area contributed by atoms with Crippen molar-refractivity contribution in [3.8, 4) is 11.5 Å². The molecular weight excluding hydrogens is 250 g/mol. The van der Waals surface area contributed by atoms with Crippen LogP contribution in [0.1, 0.15) is 39.5 Å². The highest BCUT2D eigenvalue weighted by atomic mass is 16.4. The van der Waals surface area contributed by atoms with Gasteiger partial charge >= 0.3 is 0 Å². The maximum Gasteiger partial charge on any atom is 0.247 e. The van der Waals surface area contributed by atoms with Gasteiger partial charge in [-0.15, -0.1) is 10.2 Å². The summed E-state index contributed by atoms with van der Waals surface area (Å²) in [7, 11) is 0. The summed E-state index contributed by atoms with van der Waals surface area (Å²) in [6.07, 6.45) is 6.45. The predicted molar refractivity (Wildman–Crippen MR) is 79.4 cm³/mol. The van der Waals surface area contributed by atoms with Crippen LogP contribution in [0.25, 0.3) is 11.5 Å². The molecule has 1 aromatic heterocycles. The van der Waals surface area contributed by atoms with Crippen molar-refractivity contribution in [2.45, 2.75) is 45.6 Å². The molecule has 1 aliphatic rings. The van der Waals surface area contributed by atoms with E-state index in [1.807, 2.05) is 12.1 Å². The number of benzene rings is 1. The summed E-state index contributed by atoms with van der Waals surface area (Å²) in [5.41, 5.74) is 2.53. The first kappa shape index (κ1) is 13.2. The van der Waals surface area contributed by atoms with Crippen molar-refractivity contribution in [2.24, 2.45) is 5.41 Å². The summed E-state index contributed by atoms with van der Waals surface area (Å²) in [5.74, 6) is 0.567. The molecule has 0 saturated heterocycles. The van der Waals surface area contributed by atoms with Crippen LogP contribution in [-0.2, 0) is 0 Å². The minimum atomic E-state index is 0.444. The minimum Gasteiger partial charge on any atom is -0.423 e. The molecule has 1 atom stereocenters. The van der Waals surface area contributed by atoms with Crippen molar-refractivity contribution >= 4 is 5.69 Å². The number of nitrogens with one attached hydrogen (secondary N) is 1. The van der Waals surface area contributed by atoms with Gasteiger partial charge in [-0.3, -0.25) is 0 Å². The zero-order chi connectivity index (χ0) is 14.0. The van der Waals surface area contributed by atoms with Crippen LogP contribution in [0.5, 0.6) is 0 Å². The van der Waals surface area contributed by atoms with E-state index in [4.69, 9.17) is 4.42 Å². The Balaban J connectivity index is 1.73. The maximum atomic E-state index is 5.25. The molecule has 0 bridgehead atoms. The van der Waals surface area contributed by atoms with E-state index in [-0.39, 0.29) is 0 Å². The molecule has 2 aromatic rings. The molecule has 1 saturated carbocycles. The fourth-order valence-corrected chi connectivity index (χ4v) is 3.10. The summed E-state index contributed by atoms with van der Waals surface area (Å²) < 4.78 is 5.25. The van der Waals surface area contributed by atoms with Gasteiger partial charge in [0.15, 0.2) is 0 Å². The number of nitrogens with zero attached hydrogens (tertiary/aromatic N) is 2. The van der Waals surface area contributed by atoms with Gasteiger partial charge in [0.1, 0.15) is 0 Å². The lowest BCUT2D eigenvalue weighted by molar-refractivity contribution is 0.229. The molecule has 0 spiro atoms. The van der Waals surface area contributed by atoms with Crippen LogP contribution in [0.3, 0.4) is 0 Å². The smallest absolute Gasteiger partial charge is 0.247 e. The molecule has 1 aliphatic carbocycles. The topological polar surface area (TPSA) is 51.0 Å². The number of hydrogen-bond acceptors (Lipinski definition) is 4. The van der Waals surface area contributed by atoms with Crippen LogP contribution < -0.4 is 5.32 Å². The second-order valence-electron chi connectivity index (χ2n) is 6.43. The highest BCUT2D eigenvalue weighted by Gasteiger charge is 2.27. The average molecular weight is 271 g/mol. The van der Waals surface area contributed by atoms with Crippen molar-refractivity contribution in [1.29, 1.82) is 0 Å². The van der Waals surface area contributed by atoms with Gasteiger partial charge in [-0.05, 0) is 42.9 Å². The van der Waals surface area contributed by atoms with Gasteiger partial charge in [-0.1, -0.05) is 26.3 Å². The van der Waals surface area contributed by atoms with Crippen LogP contribution in [0.4, 0.5) is 5.69 Å². The Kier molecular flexibility index (Phi) is 3.47. The summed E-state index contributed by atoms with van der Waals surface area (Å²) in [6.45, 7) is 4.71. The van der Waals surface area contributed by atoms with Crippen LogP contribution >= 0.6 is 0 Å². The Morgan fingerprint density at radius 2 is 2.25 bits per heavy atom. The third kappa shape index (κ3) is 3.00. The van der Waals surface area contributed by atoms with Crippen LogP contribution in [0, 0.1) is 5.41 Å². The number of anilines is 1. The summed E-state index contributed by atoms with van der Waals surface area (Å²) in [6, 6.07) is 8.74. The lowest BCUT2D eigenvalue weighted by atomic mass is 9.75. The van der Waals surface area contributed by atoms with E-state index < -0.39 is 0 Å². The van der Waals surface area contributed by atoms with Crippen LogP contribution in [-0.4, -0.2) is 16.2 Å². The van der Waals surface area contributed by atoms with Crippen molar-refractivity contribution in [3.05, 3.63) is 30.7 Å². The number of aromatic nitrogens is 2. The maximum absolute atomic E-state index is 5.25. The van der Waals surface area contributed by atoms with Gasteiger partial charge in [0, 0.05) is 17.3 Å². The first-order valence-corrected chi connectivity index (χ1v) is 7.26. The Labute approximate surface area is 119 Å². The second-order valence-corrected chi connectivity index (χ2v) is 6.43. The molecule has 0 aliphatic heterocycles.